The first-order chi connectivity index (χ1) is 31.2. The summed E-state index contributed by atoms with van der Waals surface area (Å²) in [7, 11) is -4.77. The molecule has 364 valence electrons. The van der Waals surface area contributed by atoms with Gasteiger partial charge in [-0.2, -0.15) is 0 Å². The fourth-order valence-electron chi connectivity index (χ4n) is 5.91. The number of phosphoric ester groups is 1. The molecule has 0 aromatic heterocycles. The van der Waals surface area contributed by atoms with Crippen LogP contribution < -0.4 is 0 Å². The summed E-state index contributed by atoms with van der Waals surface area (Å²) in [6.07, 6.45) is 51.4. The molecular weight excluding hydrogens is 832 g/mol. The van der Waals surface area contributed by atoms with E-state index in [2.05, 4.69) is 93.7 Å². The summed E-state index contributed by atoms with van der Waals surface area (Å²) in [5.41, 5.74) is 0. The van der Waals surface area contributed by atoms with Gasteiger partial charge >= 0.3 is 25.7 Å². The maximum absolute atomic E-state index is 12.8. The molecule has 0 bridgehead atoms. The number of ether oxygens (including phenoxy) is 3. The highest BCUT2D eigenvalue weighted by atomic mass is 31.2. The van der Waals surface area contributed by atoms with Crippen molar-refractivity contribution in [3.63, 3.8) is 0 Å². The van der Waals surface area contributed by atoms with E-state index in [0.717, 1.165) is 83.5 Å². The number of allylic oxidation sites excluding steroid dienone is 15. The van der Waals surface area contributed by atoms with E-state index in [4.69, 9.17) is 23.3 Å². The number of unbranched alkanes of at least 4 members (excludes halogenated alkanes) is 11. The Morgan fingerprint density at radius 1 is 0.469 bits per heavy atom. The summed E-state index contributed by atoms with van der Waals surface area (Å²) < 4.78 is 39.0. The first-order valence-corrected chi connectivity index (χ1v) is 25.6. The zero-order chi connectivity index (χ0) is 47.0. The van der Waals surface area contributed by atoms with E-state index >= 15 is 0 Å². The number of esters is 3. The van der Waals surface area contributed by atoms with Crippen LogP contribution in [0.2, 0.25) is 0 Å². The van der Waals surface area contributed by atoms with Crippen LogP contribution in [-0.4, -0.2) is 66.5 Å². The molecule has 0 fully saturated rings. The van der Waals surface area contributed by atoms with E-state index in [9.17, 15) is 28.9 Å². The SMILES string of the molecule is CC/C=C\C/C=C\C/C=C\C/C=C\C/C=C\CC(=O)OC(COC(=O)CCCCCCCCCCC)COP(=O)(O)OCC(CO)OC(=O)CCCCC/C=C\C/C=C\C/C=C\CC. The highest BCUT2D eigenvalue weighted by Crippen LogP contribution is 2.43. The second-order valence-electron chi connectivity index (χ2n) is 15.5. The van der Waals surface area contributed by atoms with Gasteiger partial charge in [-0.3, -0.25) is 23.4 Å². The molecule has 0 saturated carbocycles. The van der Waals surface area contributed by atoms with Gasteiger partial charge in [-0.15, -0.1) is 0 Å². The maximum atomic E-state index is 12.8. The van der Waals surface area contributed by atoms with E-state index in [1.165, 1.54) is 32.1 Å². The molecule has 12 heteroatoms. The van der Waals surface area contributed by atoms with E-state index in [1.54, 1.807) is 6.08 Å². The lowest BCUT2D eigenvalue weighted by Crippen LogP contribution is -2.30. The predicted octanol–water partition coefficient (Wildman–Crippen LogP) is 13.4. The van der Waals surface area contributed by atoms with Crippen molar-refractivity contribution in [1.29, 1.82) is 0 Å². The Hall–Kier alpha value is -3.60. The quantitative estimate of drug-likeness (QED) is 0.0197. The molecule has 0 aliphatic heterocycles. The number of hydrogen-bond donors (Lipinski definition) is 2. The van der Waals surface area contributed by atoms with Gasteiger partial charge in [0, 0.05) is 12.8 Å². The Morgan fingerprint density at radius 3 is 1.38 bits per heavy atom. The molecule has 11 nitrogen and oxygen atoms in total. The third-order valence-corrected chi connectivity index (χ3v) is 10.5. The molecule has 2 N–H and O–H groups in total. The first kappa shape index (κ1) is 60.4. The minimum atomic E-state index is -4.77. The van der Waals surface area contributed by atoms with E-state index in [0.29, 0.717) is 19.3 Å². The van der Waals surface area contributed by atoms with Crippen LogP contribution in [0.5, 0.6) is 0 Å². The number of hydrogen-bond acceptors (Lipinski definition) is 10. The fourth-order valence-corrected chi connectivity index (χ4v) is 6.70. The van der Waals surface area contributed by atoms with Gasteiger partial charge < -0.3 is 24.2 Å². The Balaban J connectivity index is 4.89. The van der Waals surface area contributed by atoms with Crippen LogP contribution in [0.4, 0.5) is 0 Å². The van der Waals surface area contributed by atoms with Gasteiger partial charge in [-0.1, -0.05) is 176 Å². The Labute approximate surface area is 387 Å². The average Bonchev–Trinajstić information content (AvgIpc) is 3.28. The molecule has 3 atom stereocenters. The van der Waals surface area contributed by atoms with Gasteiger partial charge in [0.1, 0.15) is 12.7 Å². The fraction of sp³-hybridized carbons (Fsp3) is 0.635. The van der Waals surface area contributed by atoms with Crippen molar-refractivity contribution < 1.29 is 52.2 Å². The topological polar surface area (TPSA) is 155 Å². The minimum absolute atomic E-state index is 0.0697. The lowest BCUT2D eigenvalue weighted by Gasteiger charge is -2.21. The third-order valence-electron chi connectivity index (χ3n) is 9.54. The van der Waals surface area contributed by atoms with Crippen molar-refractivity contribution in [2.24, 2.45) is 0 Å². The molecule has 0 aliphatic rings. The van der Waals surface area contributed by atoms with Crippen molar-refractivity contribution in [2.75, 3.05) is 26.4 Å². The van der Waals surface area contributed by atoms with Gasteiger partial charge in [0.05, 0.1) is 26.2 Å². The maximum Gasteiger partial charge on any atom is 0.472 e. The summed E-state index contributed by atoms with van der Waals surface area (Å²) in [6.45, 7) is 4.20. The van der Waals surface area contributed by atoms with Crippen molar-refractivity contribution in [2.45, 2.75) is 187 Å². The zero-order valence-corrected chi connectivity index (χ0v) is 40.6. The average molecular weight is 917 g/mol. The second-order valence-corrected chi connectivity index (χ2v) is 17.0. The third kappa shape index (κ3) is 43.6. The zero-order valence-electron chi connectivity index (χ0n) is 39.7. The Bertz CT molecular complexity index is 1440. The molecule has 0 aromatic rings. The van der Waals surface area contributed by atoms with Crippen molar-refractivity contribution in [1.82, 2.24) is 0 Å². The molecule has 0 saturated heterocycles. The van der Waals surface area contributed by atoms with Gasteiger partial charge in [0.25, 0.3) is 0 Å². The van der Waals surface area contributed by atoms with E-state index < -0.39 is 57.8 Å². The van der Waals surface area contributed by atoms with Crippen LogP contribution in [0.15, 0.2) is 97.2 Å². The summed E-state index contributed by atoms with van der Waals surface area (Å²) in [5.74, 6) is -1.66. The normalized spacial score (nSPS) is 14.4. The van der Waals surface area contributed by atoms with Crippen LogP contribution in [0, 0.1) is 0 Å². The van der Waals surface area contributed by atoms with Crippen molar-refractivity contribution >= 4 is 25.7 Å². The van der Waals surface area contributed by atoms with Gasteiger partial charge in [-0.25, -0.2) is 4.57 Å². The molecule has 0 rings (SSSR count). The molecule has 64 heavy (non-hydrogen) atoms. The molecule has 0 amide bonds. The highest BCUT2D eigenvalue weighted by Gasteiger charge is 2.28. The first-order valence-electron chi connectivity index (χ1n) is 24.1. The van der Waals surface area contributed by atoms with Crippen molar-refractivity contribution in [3.05, 3.63) is 97.2 Å². The highest BCUT2D eigenvalue weighted by molar-refractivity contribution is 7.47. The Kier molecular flexibility index (Phi) is 43.4. The Morgan fingerprint density at radius 2 is 0.875 bits per heavy atom. The molecular formula is C52H85O11P. The molecule has 3 unspecified atom stereocenters. The lowest BCUT2D eigenvalue weighted by molar-refractivity contribution is -0.160. The number of aliphatic hydroxyl groups excluding tert-OH is 1. The second kappa shape index (κ2) is 45.9. The summed E-state index contributed by atoms with van der Waals surface area (Å²) >= 11 is 0. The van der Waals surface area contributed by atoms with Gasteiger partial charge in [-0.05, 0) is 77.0 Å². The molecule has 0 aromatic carbocycles. The number of phosphoric acid groups is 1. The molecule has 0 spiro atoms. The molecule has 0 aliphatic carbocycles. The summed E-state index contributed by atoms with van der Waals surface area (Å²) in [5, 5.41) is 9.74. The van der Waals surface area contributed by atoms with Crippen LogP contribution in [0.25, 0.3) is 0 Å². The smallest absolute Gasteiger partial charge is 0.462 e. The van der Waals surface area contributed by atoms with Crippen LogP contribution in [0.3, 0.4) is 0 Å². The number of carbonyl (C=O) groups is 3. The number of rotatable bonds is 43. The number of carbonyl (C=O) groups excluding carboxylic acids is 3. The monoisotopic (exact) mass is 917 g/mol. The predicted molar refractivity (Wildman–Crippen MR) is 260 cm³/mol. The van der Waals surface area contributed by atoms with Gasteiger partial charge in [0.15, 0.2) is 6.10 Å². The largest absolute Gasteiger partial charge is 0.472 e. The van der Waals surface area contributed by atoms with E-state index in [1.807, 2.05) is 18.2 Å². The summed E-state index contributed by atoms with van der Waals surface area (Å²) in [6, 6.07) is 0. The van der Waals surface area contributed by atoms with Crippen LogP contribution in [-0.2, 0) is 42.2 Å². The lowest BCUT2D eigenvalue weighted by atomic mass is 10.1. The standard InChI is InChI=1S/C52H85O11P/c1-4-7-10-13-16-19-21-23-24-26-28-31-34-37-40-43-52(56)63-49(45-59-50(54)41-38-35-32-29-18-15-12-9-6-3)47-61-64(57,58)60-46-48(44-53)62-51(55)42-39-36-33-30-27-25-22-20-17-14-11-8-5-2/h7-8,10-11,16-17,19-20,23-25,27-28,31,37,40,48-49,53H,4-6,9,12-15,18,21-22,26,29-30,32-36,38-39,41-47H2,1-3H3,(H,57,58)/b10-7-,11-8-,19-16-,20-17-,24-23-,27-25-,31-28-,40-37-. The minimum Gasteiger partial charge on any atom is -0.462 e. The van der Waals surface area contributed by atoms with Crippen molar-refractivity contribution in [3.8, 4) is 0 Å². The van der Waals surface area contributed by atoms with Crippen LogP contribution in [0.1, 0.15) is 175 Å². The van der Waals surface area contributed by atoms with Crippen LogP contribution >= 0.6 is 7.82 Å². The summed E-state index contributed by atoms with van der Waals surface area (Å²) in [4.78, 5) is 48.0. The molecule has 0 radical (unpaired) electrons. The van der Waals surface area contributed by atoms with Gasteiger partial charge in [0.2, 0.25) is 0 Å². The molecule has 0 heterocycles. The van der Waals surface area contributed by atoms with E-state index in [-0.39, 0.29) is 25.9 Å². The number of aliphatic hydroxyl groups is 1.